The Kier molecular flexibility index (Phi) is 4.97. The van der Waals surface area contributed by atoms with Crippen LogP contribution in [0.3, 0.4) is 0 Å². The number of benzene rings is 2. The zero-order valence-electron chi connectivity index (χ0n) is 13.7. The molecule has 3 rings (SSSR count). The molecule has 1 amide bonds. The van der Waals surface area contributed by atoms with Gasteiger partial charge in [0.2, 0.25) is 0 Å². The van der Waals surface area contributed by atoms with Crippen LogP contribution >= 0.6 is 0 Å². The summed E-state index contributed by atoms with van der Waals surface area (Å²) in [6.07, 6.45) is 0. The van der Waals surface area contributed by atoms with Crippen LogP contribution in [0.25, 0.3) is 5.69 Å². The highest BCUT2D eigenvalue weighted by Gasteiger charge is 2.13. The fourth-order valence-corrected chi connectivity index (χ4v) is 2.26. The molecule has 2 aromatic carbocycles. The summed E-state index contributed by atoms with van der Waals surface area (Å²) in [5.41, 5.74) is 0.0993. The van der Waals surface area contributed by atoms with Crippen molar-refractivity contribution in [2.24, 2.45) is 0 Å². The Hall–Kier alpha value is -3.62. The smallest absolute Gasteiger partial charge is 0.364 e. The predicted octanol–water partition coefficient (Wildman–Crippen LogP) is 1.73. The molecular weight excluding hydrogens is 343 g/mol. The fourth-order valence-electron chi connectivity index (χ4n) is 2.26. The topological polar surface area (TPSA) is 98.2 Å². The van der Waals surface area contributed by atoms with Gasteiger partial charge in [-0.15, -0.1) is 4.98 Å². The summed E-state index contributed by atoms with van der Waals surface area (Å²) in [6, 6.07) is 12.2. The third-order valence-corrected chi connectivity index (χ3v) is 3.38. The molecule has 2 N–H and O–H groups in total. The van der Waals surface area contributed by atoms with Crippen LogP contribution in [0.1, 0.15) is 0 Å². The average molecular weight is 358 g/mol. The molecule has 0 saturated heterocycles. The summed E-state index contributed by atoms with van der Waals surface area (Å²) in [5.74, 6) is -0.468. The van der Waals surface area contributed by atoms with Crippen molar-refractivity contribution < 1.29 is 18.7 Å². The number of nitrogens with zero attached hydrogens (tertiary/aromatic N) is 2. The van der Waals surface area contributed by atoms with Crippen molar-refractivity contribution in [3.63, 3.8) is 0 Å². The fraction of sp³-hybridized carbons (Fsp3) is 0.118. The molecule has 0 aliphatic heterocycles. The molecule has 0 atom stereocenters. The average Bonchev–Trinajstić information content (AvgIpc) is 3.01. The molecule has 8 nitrogen and oxygen atoms in total. The number of H-pyrrole nitrogens is 1. The standard InChI is InChI=1S/C17H15FN4O4/c1-25-14-8-3-2-7-13(14)19-15(23)10-26-17-20-16(24)21-22(17)12-6-4-5-11(18)9-12/h2-9H,10H2,1H3,(H,19,23)(H,21,24). The van der Waals surface area contributed by atoms with Crippen LogP contribution in [0.4, 0.5) is 10.1 Å². The monoisotopic (exact) mass is 358 g/mol. The van der Waals surface area contributed by atoms with Crippen LogP contribution in [0.5, 0.6) is 11.8 Å². The van der Waals surface area contributed by atoms with E-state index in [0.717, 1.165) is 4.68 Å². The van der Waals surface area contributed by atoms with E-state index < -0.39 is 24.0 Å². The highest BCUT2D eigenvalue weighted by atomic mass is 19.1. The van der Waals surface area contributed by atoms with Gasteiger partial charge in [0.25, 0.3) is 5.91 Å². The van der Waals surface area contributed by atoms with E-state index in [4.69, 9.17) is 9.47 Å². The number of halogens is 1. The molecule has 0 aliphatic carbocycles. The molecule has 0 saturated carbocycles. The first-order valence-electron chi connectivity index (χ1n) is 7.57. The zero-order chi connectivity index (χ0) is 18.5. The second kappa shape index (κ2) is 7.51. The minimum atomic E-state index is -0.686. The van der Waals surface area contributed by atoms with Crippen molar-refractivity contribution in [1.29, 1.82) is 0 Å². The molecule has 0 unspecified atom stereocenters. The van der Waals surface area contributed by atoms with E-state index in [1.807, 2.05) is 0 Å². The van der Waals surface area contributed by atoms with Gasteiger partial charge in [-0.1, -0.05) is 18.2 Å². The molecule has 134 valence electrons. The number of ether oxygens (including phenoxy) is 2. The predicted molar refractivity (Wildman–Crippen MR) is 91.3 cm³/mol. The third-order valence-electron chi connectivity index (χ3n) is 3.38. The number of aromatic nitrogens is 3. The summed E-state index contributed by atoms with van der Waals surface area (Å²) in [4.78, 5) is 27.2. The van der Waals surface area contributed by atoms with Gasteiger partial charge in [0.1, 0.15) is 11.6 Å². The normalized spacial score (nSPS) is 10.4. The first kappa shape index (κ1) is 17.2. The van der Waals surface area contributed by atoms with Crippen molar-refractivity contribution in [3.05, 3.63) is 64.8 Å². The van der Waals surface area contributed by atoms with Crippen LogP contribution in [-0.2, 0) is 4.79 Å². The lowest BCUT2D eigenvalue weighted by Crippen LogP contribution is -2.21. The Labute approximate surface area is 147 Å². The summed E-state index contributed by atoms with van der Waals surface area (Å²) >= 11 is 0. The number of carbonyl (C=O) groups is 1. The van der Waals surface area contributed by atoms with Crippen LogP contribution < -0.4 is 20.5 Å². The molecule has 1 heterocycles. The summed E-state index contributed by atoms with van der Waals surface area (Å²) in [6.45, 7) is -0.405. The Bertz CT molecular complexity index is 983. The van der Waals surface area contributed by atoms with E-state index in [1.54, 1.807) is 30.3 Å². The lowest BCUT2D eigenvalue weighted by Gasteiger charge is -2.11. The highest BCUT2D eigenvalue weighted by molar-refractivity contribution is 5.93. The minimum Gasteiger partial charge on any atom is -0.495 e. The maximum atomic E-state index is 13.4. The minimum absolute atomic E-state index is 0.157. The van der Waals surface area contributed by atoms with E-state index in [-0.39, 0.29) is 6.01 Å². The van der Waals surface area contributed by atoms with Crippen molar-refractivity contribution >= 4 is 11.6 Å². The molecule has 9 heteroatoms. The number of carbonyl (C=O) groups excluding carboxylic acids is 1. The zero-order valence-corrected chi connectivity index (χ0v) is 13.7. The molecule has 26 heavy (non-hydrogen) atoms. The van der Waals surface area contributed by atoms with Gasteiger partial charge in [0, 0.05) is 0 Å². The lowest BCUT2D eigenvalue weighted by atomic mass is 10.3. The largest absolute Gasteiger partial charge is 0.495 e. The Morgan fingerprint density at radius 2 is 2.08 bits per heavy atom. The Morgan fingerprint density at radius 3 is 2.85 bits per heavy atom. The van der Waals surface area contributed by atoms with E-state index in [2.05, 4.69) is 15.4 Å². The highest BCUT2D eigenvalue weighted by Crippen LogP contribution is 2.22. The Morgan fingerprint density at radius 1 is 1.27 bits per heavy atom. The van der Waals surface area contributed by atoms with Crippen molar-refractivity contribution in [2.75, 3.05) is 19.0 Å². The van der Waals surface area contributed by atoms with Gasteiger partial charge in [-0.05, 0) is 30.3 Å². The second-order valence-electron chi connectivity index (χ2n) is 5.16. The number of rotatable bonds is 6. The van der Waals surface area contributed by atoms with Crippen LogP contribution in [0.2, 0.25) is 0 Å². The van der Waals surface area contributed by atoms with E-state index in [1.165, 1.54) is 25.3 Å². The number of para-hydroxylation sites is 2. The first-order valence-corrected chi connectivity index (χ1v) is 7.57. The van der Waals surface area contributed by atoms with Gasteiger partial charge in [-0.2, -0.15) is 0 Å². The number of methoxy groups -OCH3 is 1. The number of amides is 1. The van der Waals surface area contributed by atoms with Crippen molar-refractivity contribution in [2.45, 2.75) is 0 Å². The van der Waals surface area contributed by atoms with Crippen LogP contribution in [0, 0.1) is 5.82 Å². The summed E-state index contributed by atoms with van der Waals surface area (Å²) in [5, 5.41) is 5.02. The summed E-state index contributed by atoms with van der Waals surface area (Å²) in [7, 11) is 1.49. The van der Waals surface area contributed by atoms with Crippen molar-refractivity contribution in [3.8, 4) is 17.4 Å². The van der Waals surface area contributed by atoms with Gasteiger partial charge in [0.05, 0.1) is 18.5 Å². The Balaban J connectivity index is 1.72. The SMILES string of the molecule is COc1ccccc1NC(=O)COc1nc(=O)[nH]n1-c1cccc(F)c1. The quantitative estimate of drug-likeness (QED) is 0.699. The maximum absolute atomic E-state index is 13.4. The number of hydrogen-bond donors (Lipinski definition) is 2. The van der Waals surface area contributed by atoms with Gasteiger partial charge in [-0.25, -0.2) is 19.0 Å². The number of aromatic amines is 1. The molecule has 1 aromatic heterocycles. The molecule has 0 bridgehead atoms. The molecule has 0 spiro atoms. The van der Waals surface area contributed by atoms with Gasteiger partial charge >= 0.3 is 11.7 Å². The van der Waals surface area contributed by atoms with Crippen LogP contribution in [0.15, 0.2) is 53.3 Å². The number of anilines is 1. The van der Waals surface area contributed by atoms with Gasteiger partial charge < -0.3 is 14.8 Å². The summed E-state index contributed by atoms with van der Waals surface area (Å²) < 4.78 is 25.0. The number of nitrogens with one attached hydrogen (secondary N) is 2. The molecule has 3 aromatic rings. The van der Waals surface area contributed by atoms with Crippen molar-refractivity contribution in [1.82, 2.24) is 14.8 Å². The molecule has 0 fully saturated rings. The van der Waals surface area contributed by atoms with Gasteiger partial charge in [0.15, 0.2) is 6.61 Å². The first-order chi connectivity index (χ1) is 12.6. The van der Waals surface area contributed by atoms with Crippen LogP contribution in [-0.4, -0.2) is 34.4 Å². The molecule has 0 radical (unpaired) electrons. The second-order valence-corrected chi connectivity index (χ2v) is 5.16. The molecular formula is C17H15FN4O4. The lowest BCUT2D eigenvalue weighted by molar-refractivity contribution is -0.118. The van der Waals surface area contributed by atoms with E-state index in [9.17, 15) is 14.0 Å². The number of hydrogen-bond acceptors (Lipinski definition) is 5. The van der Waals surface area contributed by atoms with E-state index in [0.29, 0.717) is 17.1 Å². The van der Waals surface area contributed by atoms with Gasteiger partial charge in [-0.3, -0.25) is 4.79 Å². The van der Waals surface area contributed by atoms with E-state index >= 15 is 0 Å². The third kappa shape index (κ3) is 3.89. The molecule has 0 aliphatic rings. The maximum Gasteiger partial charge on any atom is 0.364 e.